The number of rotatable bonds is 1. The van der Waals surface area contributed by atoms with Crippen molar-refractivity contribution in [2.24, 2.45) is 4.99 Å². The van der Waals surface area contributed by atoms with E-state index in [0.29, 0.717) is 24.6 Å². The van der Waals surface area contributed by atoms with E-state index in [0.717, 1.165) is 19.5 Å². The zero-order valence-electron chi connectivity index (χ0n) is 12.2. The van der Waals surface area contributed by atoms with Crippen LogP contribution in [-0.4, -0.2) is 52.8 Å². The molecule has 1 aromatic rings. The molecule has 0 radical (unpaired) electrons. The Kier molecular flexibility index (Phi) is 2.89. The molecular weight excluding hydrogens is 264 g/mol. The minimum atomic E-state index is 0.439. The Bertz CT molecular complexity index is 612. The highest BCUT2D eigenvalue weighted by Gasteiger charge is 2.45. The molecule has 2 saturated heterocycles. The van der Waals surface area contributed by atoms with E-state index in [-0.39, 0.29) is 0 Å². The van der Waals surface area contributed by atoms with E-state index in [2.05, 4.69) is 46.0 Å². The maximum Gasteiger partial charge on any atom is 0.226 e. The number of fused-ring (bicyclic) bond motifs is 2. The van der Waals surface area contributed by atoms with Crippen molar-refractivity contribution >= 4 is 11.6 Å². The van der Waals surface area contributed by atoms with E-state index in [1.54, 1.807) is 6.20 Å². The van der Waals surface area contributed by atoms with Crippen LogP contribution in [0.25, 0.3) is 0 Å². The topological polar surface area (TPSA) is 42.3 Å². The number of likely N-dealkylation sites (tertiary alicyclic amines) is 1. The number of piperazine rings is 1. The molecular formula is C16H20N4O. The van der Waals surface area contributed by atoms with Gasteiger partial charge in [0.25, 0.3) is 0 Å². The standard InChI is InChI=1S/C16H20N4O/c1-12-5-2-3-6-15(12)18-10-14-9-13(18)11-19(14)16-17-7-4-8-20(16)21/h2-7,13-14,21H,8-11H2,1H3/t13-,14-/m0/s1. The van der Waals surface area contributed by atoms with Crippen LogP contribution in [0.3, 0.4) is 0 Å². The third kappa shape index (κ3) is 2.00. The van der Waals surface area contributed by atoms with Crippen LogP contribution in [0.15, 0.2) is 41.5 Å². The third-order valence-corrected chi connectivity index (χ3v) is 4.73. The fourth-order valence-corrected chi connectivity index (χ4v) is 3.73. The van der Waals surface area contributed by atoms with E-state index >= 15 is 0 Å². The molecule has 0 saturated carbocycles. The molecule has 0 spiro atoms. The zero-order valence-corrected chi connectivity index (χ0v) is 12.2. The van der Waals surface area contributed by atoms with E-state index in [9.17, 15) is 5.21 Å². The van der Waals surface area contributed by atoms with Crippen LogP contribution in [-0.2, 0) is 0 Å². The van der Waals surface area contributed by atoms with E-state index < -0.39 is 0 Å². The number of benzene rings is 1. The highest BCUT2D eigenvalue weighted by molar-refractivity contribution is 5.82. The number of aliphatic imine (C=N–C) groups is 1. The molecule has 110 valence electrons. The Balaban J connectivity index is 1.55. The Hall–Kier alpha value is -2.01. The van der Waals surface area contributed by atoms with Crippen molar-refractivity contribution in [2.45, 2.75) is 25.4 Å². The molecule has 5 heteroatoms. The number of hydrogen-bond donors (Lipinski definition) is 1. The van der Waals surface area contributed by atoms with E-state index in [4.69, 9.17) is 0 Å². The first-order chi connectivity index (χ1) is 10.2. The van der Waals surface area contributed by atoms with Crippen LogP contribution in [0.4, 0.5) is 5.69 Å². The molecule has 3 aliphatic heterocycles. The summed E-state index contributed by atoms with van der Waals surface area (Å²) in [5, 5.41) is 11.2. The summed E-state index contributed by atoms with van der Waals surface area (Å²) in [5.41, 5.74) is 2.68. The Morgan fingerprint density at radius 3 is 2.62 bits per heavy atom. The molecule has 0 aliphatic carbocycles. The van der Waals surface area contributed by atoms with E-state index in [1.807, 2.05) is 6.08 Å². The Morgan fingerprint density at radius 2 is 1.90 bits per heavy atom. The van der Waals surface area contributed by atoms with Crippen molar-refractivity contribution in [1.29, 1.82) is 0 Å². The maximum atomic E-state index is 9.98. The molecule has 3 heterocycles. The molecule has 21 heavy (non-hydrogen) atoms. The van der Waals surface area contributed by atoms with E-state index in [1.165, 1.54) is 16.3 Å². The number of hydrogen-bond acceptors (Lipinski definition) is 5. The van der Waals surface area contributed by atoms with Crippen molar-refractivity contribution in [1.82, 2.24) is 9.96 Å². The second kappa shape index (κ2) is 4.77. The van der Waals surface area contributed by atoms with Crippen LogP contribution >= 0.6 is 0 Å². The summed E-state index contributed by atoms with van der Waals surface area (Å²) in [6.45, 7) is 4.63. The van der Waals surface area contributed by atoms with Crippen LogP contribution in [0.5, 0.6) is 0 Å². The number of guanidine groups is 1. The fraction of sp³-hybridized carbons (Fsp3) is 0.438. The van der Waals surface area contributed by atoms with Gasteiger partial charge in [0.2, 0.25) is 5.96 Å². The highest BCUT2D eigenvalue weighted by Crippen LogP contribution is 2.36. The average Bonchev–Trinajstić information content (AvgIpc) is 3.08. The lowest BCUT2D eigenvalue weighted by molar-refractivity contribution is -0.0200. The number of aryl methyl sites for hydroxylation is 1. The number of para-hydroxylation sites is 1. The molecule has 2 atom stereocenters. The SMILES string of the molecule is Cc1ccccc1N1C[C@@H]2C[C@H]1CN2C1=NC=CCN1O. The van der Waals surface area contributed by atoms with Gasteiger partial charge in [-0.05, 0) is 31.1 Å². The zero-order chi connectivity index (χ0) is 14.4. The minimum absolute atomic E-state index is 0.439. The molecule has 0 amide bonds. The lowest BCUT2D eigenvalue weighted by Gasteiger charge is -2.39. The van der Waals surface area contributed by atoms with Crippen LogP contribution < -0.4 is 4.90 Å². The number of nitrogens with zero attached hydrogens (tertiary/aromatic N) is 4. The summed E-state index contributed by atoms with van der Waals surface area (Å²) in [6.07, 6.45) is 4.79. The summed E-state index contributed by atoms with van der Waals surface area (Å²) < 4.78 is 0. The predicted octanol–water partition coefficient (Wildman–Crippen LogP) is 1.83. The second-order valence-electron chi connectivity index (χ2n) is 6.03. The molecule has 1 N–H and O–H groups in total. The van der Waals surface area contributed by atoms with Crippen molar-refractivity contribution in [3.63, 3.8) is 0 Å². The molecule has 3 aliphatic rings. The van der Waals surface area contributed by atoms with Gasteiger partial charge in [0, 0.05) is 31.0 Å². The van der Waals surface area contributed by atoms with Gasteiger partial charge in [-0.25, -0.2) is 10.1 Å². The molecule has 0 aromatic heterocycles. The monoisotopic (exact) mass is 284 g/mol. The van der Waals surface area contributed by atoms with Crippen LogP contribution in [0.2, 0.25) is 0 Å². The minimum Gasteiger partial charge on any atom is -0.364 e. The smallest absolute Gasteiger partial charge is 0.226 e. The van der Waals surface area contributed by atoms with Crippen LogP contribution in [0, 0.1) is 6.92 Å². The van der Waals surface area contributed by atoms with Gasteiger partial charge in [0.05, 0.1) is 12.6 Å². The summed E-state index contributed by atoms with van der Waals surface area (Å²) in [4.78, 5) is 9.11. The molecule has 2 fully saturated rings. The van der Waals surface area contributed by atoms with Gasteiger partial charge in [0.1, 0.15) is 0 Å². The summed E-state index contributed by atoms with van der Waals surface area (Å²) >= 11 is 0. The van der Waals surface area contributed by atoms with Crippen molar-refractivity contribution < 1.29 is 5.21 Å². The Labute approximate surface area is 124 Å². The summed E-state index contributed by atoms with van der Waals surface area (Å²) in [6, 6.07) is 9.53. The average molecular weight is 284 g/mol. The lowest BCUT2D eigenvalue weighted by atomic mass is 10.1. The van der Waals surface area contributed by atoms with Gasteiger partial charge in [-0.15, -0.1) is 0 Å². The van der Waals surface area contributed by atoms with Gasteiger partial charge < -0.3 is 9.80 Å². The number of hydroxylamine groups is 2. The molecule has 1 aromatic carbocycles. The highest BCUT2D eigenvalue weighted by atomic mass is 16.5. The fourth-order valence-electron chi connectivity index (χ4n) is 3.73. The largest absolute Gasteiger partial charge is 0.364 e. The van der Waals surface area contributed by atoms with Crippen molar-refractivity contribution in [2.75, 3.05) is 24.5 Å². The summed E-state index contributed by atoms with van der Waals surface area (Å²) in [7, 11) is 0. The normalized spacial score (nSPS) is 27.5. The van der Waals surface area contributed by atoms with Gasteiger partial charge in [0.15, 0.2) is 0 Å². The third-order valence-electron chi connectivity index (χ3n) is 4.73. The van der Waals surface area contributed by atoms with Gasteiger partial charge in [-0.3, -0.25) is 5.21 Å². The maximum absolute atomic E-state index is 9.98. The molecule has 5 nitrogen and oxygen atoms in total. The van der Waals surface area contributed by atoms with Gasteiger partial charge in [-0.1, -0.05) is 18.2 Å². The molecule has 2 bridgehead atoms. The molecule has 0 unspecified atom stereocenters. The first-order valence-electron chi connectivity index (χ1n) is 7.52. The van der Waals surface area contributed by atoms with Crippen molar-refractivity contribution in [3.05, 3.63) is 42.1 Å². The van der Waals surface area contributed by atoms with Gasteiger partial charge in [-0.2, -0.15) is 0 Å². The molecule has 4 rings (SSSR count). The van der Waals surface area contributed by atoms with Crippen LogP contribution in [0.1, 0.15) is 12.0 Å². The summed E-state index contributed by atoms with van der Waals surface area (Å²) in [5.74, 6) is 0.703. The first kappa shape index (κ1) is 12.7. The quantitative estimate of drug-likeness (QED) is 0.854. The first-order valence-corrected chi connectivity index (χ1v) is 7.52. The Morgan fingerprint density at radius 1 is 1.14 bits per heavy atom. The van der Waals surface area contributed by atoms with Gasteiger partial charge >= 0.3 is 0 Å². The lowest BCUT2D eigenvalue weighted by Crippen LogP contribution is -2.53. The van der Waals surface area contributed by atoms with Crippen molar-refractivity contribution in [3.8, 4) is 0 Å². The predicted molar refractivity (Wildman–Crippen MR) is 82.5 cm³/mol. The second-order valence-corrected chi connectivity index (χ2v) is 6.03. The number of anilines is 1.